The number of hydrogen-bond acceptors (Lipinski definition) is 4. The first-order valence-corrected chi connectivity index (χ1v) is 5.15. The lowest BCUT2D eigenvalue weighted by Gasteiger charge is -2.05. The summed E-state index contributed by atoms with van der Waals surface area (Å²) in [5.74, 6) is -1.71. The lowest BCUT2D eigenvalue weighted by molar-refractivity contribution is -0.122. The number of ether oxygens (including phenoxy) is 1. The molecule has 0 aliphatic carbocycles. The highest BCUT2D eigenvalue weighted by atomic mass is 16.5. The number of carbonyl (C=O) groups is 3. The van der Waals surface area contributed by atoms with Crippen molar-refractivity contribution in [3.8, 4) is 0 Å². The fourth-order valence-corrected chi connectivity index (χ4v) is 1.12. The largest absolute Gasteiger partial charge is 0.483 e. The van der Waals surface area contributed by atoms with Crippen LogP contribution in [0.5, 0.6) is 0 Å². The van der Waals surface area contributed by atoms with E-state index < -0.39 is 11.9 Å². The highest BCUT2D eigenvalue weighted by molar-refractivity contribution is 6.02. The normalized spacial score (nSPS) is 8.72. The molecule has 0 aromatic heterocycles. The van der Waals surface area contributed by atoms with Crippen molar-refractivity contribution < 1.29 is 29.3 Å². The van der Waals surface area contributed by atoms with Gasteiger partial charge in [0.2, 0.25) is 0 Å². The maximum Gasteiger partial charge on any atom is 0.339 e. The second-order valence-electron chi connectivity index (χ2n) is 3.09. The van der Waals surface area contributed by atoms with E-state index in [9.17, 15) is 9.59 Å². The summed E-state index contributed by atoms with van der Waals surface area (Å²) in [5.41, 5.74) is 0.0667. The van der Waals surface area contributed by atoms with Crippen LogP contribution in [0.3, 0.4) is 0 Å². The third-order valence-electron chi connectivity index (χ3n) is 1.81. The van der Waals surface area contributed by atoms with Crippen LogP contribution in [-0.2, 0) is 9.53 Å². The Morgan fingerprint density at radius 1 is 1.28 bits per heavy atom. The molecule has 1 aromatic rings. The van der Waals surface area contributed by atoms with Crippen LogP contribution >= 0.6 is 0 Å². The van der Waals surface area contributed by atoms with Gasteiger partial charge in [-0.2, -0.15) is 0 Å². The molecule has 18 heavy (non-hydrogen) atoms. The predicted octanol–water partition coefficient (Wildman–Crippen LogP) is 1.65. The van der Waals surface area contributed by atoms with Gasteiger partial charge >= 0.3 is 11.9 Å². The second kappa shape index (κ2) is 8.74. The Hall–Kier alpha value is -2.37. The van der Waals surface area contributed by atoms with Gasteiger partial charge in [-0.1, -0.05) is 19.1 Å². The molecule has 0 aliphatic rings. The molecule has 2 N–H and O–H groups in total. The molecule has 1 aromatic carbocycles. The first kappa shape index (κ1) is 15.6. The van der Waals surface area contributed by atoms with Crippen LogP contribution in [0.15, 0.2) is 24.3 Å². The highest BCUT2D eigenvalue weighted by Gasteiger charge is 2.16. The van der Waals surface area contributed by atoms with Crippen LogP contribution in [0.2, 0.25) is 0 Å². The fraction of sp³-hybridized carbons (Fsp3) is 0.250. The van der Waals surface area contributed by atoms with Crippen molar-refractivity contribution in [2.45, 2.75) is 13.3 Å². The number of hydrogen-bond donors (Lipinski definition) is 2. The van der Waals surface area contributed by atoms with Crippen molar-refractivity contribution >= 4 is 18.4 Å². The smallest absolute Gasteiger partial charge is 0.339 e. The summed E-state index contributed by atoms with van der Waals surface area (Å²) in [6.45, 7) is 1.92. The van der Waals surface area contributed by atoms with Gasteiger partial charge in [0.1, 0.15) is 0 Å². The van der Waals surface area contributed by atoms with E-state index in [4.69, 9.17) is 19.7 Å². The molecule has 6 heteroatoms. The Labute approximate surface area is 104 Å². The van der Waals surface area contributed by atoms with Gasteiger partial charge < -0.3 is 14.9 Å². The van der Waals surface area contributed by atoms with E-state index in [1.54, 1.807) is 12.1 Å². The predicted molar refractivity (Wildman–Crippen MR) is 62.7 cm³/mol. The molecule has 0 fully saturated rings. The van der Waals surface area contributed by atoms with Crippen molar-refractivity contribution in [2.24, 2.45) is 0 Å². The van der Waals surface area contributed by atoms with Crippen LogP contribution in [0.4, 0.5) is 0 Å². The number of rotatable bonds is 4. The highest BCUT2D eigenvalue weighted by Crippen LogP contribution is 2.10. The van der Waals surface area contributed by atoms with E-state index in [1.807, 2.05) is 6.92 Å². The Balaban J connectivity index is 0.000000873. The van der Waals surface area contributed by atoms with E-state index in [-0.39, 0.29) is 17.6 Å². The molecule has 98 valence electrons. The van der Waals surface area contributed by atoms with E-state index in [0.717, 1.165) is 0 Å². The molecule has 1 rings (SSSR count). The molecule has 0 unspecified atom stereocenters. The van der Waals surface area contributed by atoms with Crippen molar-refractivity contribution in [2.75, 3.05) is 6.61 Å². The van der Waals surface area contributed by atoms with Gasteiger partial charge in [0, 0.05) is 0 Å². The molecule has 6 nitrogen and oxygen atoms in total. The average molecular weight is 254 g/mol. The summed E-state index contributed by atoms with van der Waals surface area (Å²) < 4.78 is 4.87. The van der Waals surface area contributed by atoms with Crippen LogP contribution in [-0.4, -0.2) is 35.2 Å². The van der Waals surface area contributed by atoms with Gasteiger partial charge in [0.25, 0.3) is 6.47 Å². The number of aromatic carboxylic acids is 1. The van der Waals surface area contributed by atoms with E-state index in [2.05, 4.69) is 0 Å². The van der Waals surface area contributed by atoms with Gasteiger partial charge in [-0.05, 0) is 18.6 Å². The topological polar surface area (TPSA) is 101 Å². The zero-order valence-electron chi connectivity index (χ0n) is 9.83. The number of benzene rings is 1. The SMILES string of the molecule is CCCOC(=O)c1ccccc1C(=O)O.O=CO. The van der Waals surface area contributed by atoms with Crippen molar-refractivity contribution in [3.05, 3.63) is 35.4 Å². The molecule has 0 atom stereocenters. The van der Waals surface area contributed by atoms with Gasteiger partial charge in [-0.25, -0.2) is 9.59 Å². The quantitative estimate of drug-likeness (QED) is 0.625. The third-order valence-corrected chi connectivity index (χ3v) is 1.81. The van der Waals surface area contributed by atoms with E-state index in [1.165, 1.54) is 12.1 Å². The maximum atomic E-state index is 11.4. The number of carbonyl (C=O) groups excluding carboxylic acids is 1. The lowest BCUT2D eigenvalue weighted by atomic mass is 10.1. The lowest BCUT2D eigenvalue weighted by Crippen LogP contribution is -2.11. The molecule has 0 spiro atoms. The van der Waals surface area contributed by atoms with Crippen LogP contribution in [0.25, 0.3) is 0 Å². The molecule has 0 saturated heterocycles. The second-order valence-corrected chi connectivity index (χ2v) is 3.09. The van der Waals surface area contributed by atoms with E-state index >= 15 is 0 Å². The Kier molecular flexibility index (Phi) is 7.59. The molecular weight excluding hydrogens is 240 g/mol. The van der Waals surface area contributed by atoms with Gasteiger partial charge in [-0.3, -0.25) is 4.79 Å². The number of carboxylic acid groups (broad SMARTS) is 2. The summed E-state index contributed by atoms with van der Waals surface area (Å²) in [6, 6.07) is 6.00. The molecule has 0 amide bonds. The first-order chi connectivity index (χ1) is 8.58. The summed E-state index contributed by atoms with van der Waals surface area (Å²) in [4.78, 5) is 30.6. The van der Waals surface area contributed by atoms with Crippen molar-refractivity contribution in [1.29, 1.82) is 0 Å². The third kappa shape index (κ3) is 5.11. The Morgan fingerprint density at radius 2 is 1.78 bits per heavy atom. The first-order valence-electron chi connectivity index (χ1n) is 5.15. The van der Waals surface area contributed by atoms with Crippen LogP contribution in [0.1, 0.15) is 34.1 Å². The fourth-order valence-electron chi connectivity index (χ4n) is 1.12. The van der Waals surface area contributed by atoms with Gasteiger partial charge in [0.15, 0.2) is 0 Å². The monoisotopic (exact) mass is 254 g/mol. The number of esters is 1. The number of carboxylic acids is 1. The zero-order valence-corrected chi connectivity index (χ0v) is 9.83. The minimum absolute atomic E-state index is 0.0291. The van der Waals surface area contributed by atoms with Crippen molar-refractivity contribution in [3.63, 3.8) is 0 Å². The van der Waals surface area contributed by atoms with Crippen LogP contribution < -0.4 is 0 Å². The summed E-state index contributed by atoms with van der Waals surface area (Å²) in [5, 5.41) is 15.7. The van der Waals surface area contributed by atoms with Gasteiger partial charge in [-0.15, -0.1) is 0 Å². The summed E-state index contributed by atoms with van der Waals surface area (Å²) in [6.07, 6.45) is 0.709. The molecule has 0 aliphatic heterocycles. The minimum Gasteiger partial charge on any atom is -0.483 e. The Bertz CT molecular complexity index is 413. The summed E-state index contributed by atoms with van der Waals surface area (Å²) in [7, 11) is 0. The van der Waals surface area contributed by atoms with Crippen LogP contribution in [0, 0.1) is 0 Å². The van der Waals surface area contributed by atoms with Crippen molar-refractivity contribution in [1.82, 2.24) is 0 Å². The van der Waals surface area contributed by atoms with E-state index in [0.29, 0.717) is 13.0 Å². The molecule has 0 bridgehead atoms. The van der Waals surface area contributed by atoms with Gasteiger partial charge in [0.05, 0.1) is 17.7 Å². The standard InChI is InChI=1S/C11H12O4.CH2O2/c1-2-7-15-11(14)9-6-4-3-5-8(9)10(12)13;2-1-3/h3-6H,2,7H2,1H3,(H,12,13);1H,(H,2,3). The molecular formula is C12H14O6. The molecule has 0 saturated carbocycles. The molecule has 0 heterocycles. The minimum atomic E-state index is -1.13. The Morgan fingerprint density at radius 3 is 2.22 bits per heavy atom. The molecule has 0 radical (unpaired) electrons. The zero-order chi connectivity index (χ0) is 14.0. The summed E-state index contributed by atoms with van der Waals surface area (Å²) >= 11 is 0. The average Bonchev–Trinajstić information content (AvgIpc) is 2.36. The maximum absolute atomic E-state index is 11.4.